The Hall–Kier alpha value is -1.07. The van der Waals surface area contributed by atoms with Crippen molar-refractivity contribution in [1.29, 1.82) is 0 Å². The topological polar surface area (TPSA) is 66.4 Å². The molecule has 0 aliphatic heterocycles. The van der Waals surface area contributed by atoms with Crippen LogP contribution in [0.2, 0.25) is 0 Å². The molecule has 1 aromatic rings. The van der Waals surface area contributed by atoms with Crippen LogP contribution in [-0.4, -0.2) is 26.4 Å². The molecule has 0 aliphatic rings. The quantitative estimate of drug-likeness (QED) is 0.772. The van der Waals surface area contributed by atoms with Crippen LogP contribution < -0.4 is 4.72 Å². The van der Waals surface area contributed by atoms with Gasteiger partial charge in [-0.15, -0.1) is 0 Å². The van der Waals surface area contributed by atoms with Crippen molar-refractivity contribution in [3.05, 3.63) is 29.8 Å². The third-order valence-electron chi connectivity index (χ3n) is 1.69. The van der Waals surface area contributed by atoms with E-state index in [-0.39, 0.29) is 6.61 Å². The van der Waals surface area contributed by atoms with Crippen LogP contribution in [0.3, 0.4) is 0 Å². The zero-order chi connectivity index (χ0) is 10.6. The number of hydrogen-bond acceptors (Lipinski definition) is 3. The summed E-state index contributed by atoms with van der Waals surface area (Å²) in [5.41, 5.74) is 1.32. The molecule has 0 amide bonds. The van der Waals surface area contributed by atoms with Gasteiger partial charge in [0.1, 0.15) is 0 Å². The van der Waals surface area contributed by atoms with Gasteiger partial charge in [-0.3, -0.25) is 4.72 Å². The molecular weight excluding hydrogens is 202 g/mol. The summed E-state index contributed by atoms with van der Waals surface area (Å²) in [7, 11) is -3.25. The number of sulfonamides is 1. The first-order chi connectivity index (χ1) is 6.53. The van der Waals surface area contributed by atoms with E-state index >= 15 is 0 Å². The smallest absolute Gasteiger partial charge is 0.229 e. The van der Waals surface area contributed by atoms with Gasteiger partial charge in [0.25, 0.3) is 0 Å². The normalized spacial score (nSPS) is 11.3. The highest BCUT2D eigenvalue weighted by atomic mass is 32.2. The predicted octanol–water partition coefficient (Wildman–Crippen LogP) is 0.593. The van der Waals surface area contributed by atoms with E-state index in [2.05, 4.69) is 4.72 Å². The zero-order valence-electron chi connectivity index (χ0n) is 7.90. The van der Waals surface area contributed by atoms with Crippen molar-refractivity contribution in [1.82, 2.24) is 0 Å². The van der Waals surface area contributed by atoms with Crippen molar-refractivity contribution in [3.63, 3.8) is 0 Å². The number of rotatable bonds is 4. The molecule has 0 unspecified atom stereocenters. The summed E-state index contributed by atoms with van der Waals surface area (Å²) in [6.45, 7) is 0.00244. The first-order valence-electron chi connectivity index (χ1n) is 4.19. The number of aliphatic hydroxyl groups is 1. The Morgan fingerprint density at radius 3 is 2.57 bits per heavy atom. The average molecular weight is 215 g/mol. The lowest BCUT2D eigenvalue weighted by Crippen LogP contribution is -2.11. The zero-order valence-corrected chi connectivity index (χ0v) is 8.71. The monoisotopic (exact) mass is 215 g/mol. The van der Waals surface area contributed by atoms with E-state index in [1.807, 2.05) is 0 Å². The summed E-state index contributed by atoms with van der Waals surface area (Å²) in [5.74, 6) is 0. The molecule has 4 nitrogen and oxygen atoms in total. The summed E-state index contributed by atoms with van der Waals surface area (Å²) < 4.78 is 24.4. The van der Waals surface area contributed by atoms with Crippen LogP contribution in [0.25, 0.3) is 0 Å². The van der Waals surface area contributed by atoms with Gasteiger partial charge in [-0.05, 0) is 18.1 Å². The molecule has 0 aromatic heterocycles. The molecule has 0 fully saturated rings. The second-order valence-corrected chi connectivity index (χ2v) is 4.75. The first-order valence-corrected chi connectivity index (χ1v) is 6.08. The minimum Gasteiger partial charge on any atom is -0.396 e. The lowest BCUT2D eigenvalue weighted by Gasteiger charge is -2.08. The molecule has 1 rings (SSSR count). The lowest BCUT2D eigenvalue weighted by molar-refractivity contribution is 0.300. The van der Waals surface area contributed by atoms with Gasteiger partial charge in [-0.1, -0.05) is 18.2 Å². The Labute approximate surface area is 83.6 Å². The fraction of sp³-hybridized carbons (Fsp3) is 0.333. The van der Waals surface area contributed by atoms with Crippen LogP contribution in [0.15, 0.2) is 24.3 Å². The molecule has 0 heterocycles. The molecule has 0 atom stereocenters. The number of aliphatic hydroxyl groups excluding tert-OH is 1. The molecule has 0 radical (unpaired) electrons. The molecule has 0 saturated heterocycles. The van der Waals surface area contributed by atoms with E-state index in [0.29, 0.717) is 12.1 Å². The maximum absolute atomic E-state index is 11.0. The summed E-state index contributed by atoms with van der Waals surface area (Å²) >= 11 is 0. The van der Waals surface area contributed by atoms with Gasteiger partial charge in [-0.2, -0.15) is 0 Å². The molecule has 0 saturated carbocycles. The number of anilines is 1. The minimum absolute atomic E-state index is 0.00244. The highest BCUT2D eigenvalue weighted by Crippen LogP contribution is 2.16. The first kappa shape index (κ1) is 11.0. The summed E-state index contributed by atoms with van der Waals surface area (Å²) in [5, 5.41) is 8.77. The molecule has 14 heavy (non-hydrogen) atoms. The van der Waals surface area contributed by atoms with E-state index in [0.717, 1.165) is 11.8 Å². The third kappa shape index (κ3) is 3.35. The van der Waals surface area contributed by atoms with Crippen molar-refractivity contribution in [3.8, 4) is 0 Å². The van der Waals surface area contributed by atoms with E-state index in [1.54, 1.807) is 24.3 Å². The number of para-hydroxylation sites is 1. The fourth-order valence-corrected chi connectivity index (χ4v) is 1.76. The minimum atomic E-state index is -3.25. The van der Waals surface area contributed by atoms with Gasteiger partial charge in [-0.25, -0.2) is 8.42 Å². The third-order valence-corrected chi connectivity index (χ3v) is 2.28. The van der Waals surface area contributed by atoms with Crippen molar-refractivity contribution >= 4 is 15.7 Å². The Bertz CT molecular complexity index is 400. The molecule has 0 spiro atoms. The maximum Gasteiger partial charge on any atom is 0.229 e. The summed E-state index contributed by atoms with van der Waals surface area (Å²) in [4.78, 5) is 0. The van der Waals surface area contributed by atoms with Crippen LogP contribution in [0, 0.1) is 0 Å². The molecule has 1 aromatic carbocycles. The number of nitrogens with one attached hydrogen (secondary N) is 1. The van der Waals surface area contributed by atoms with Crippen molar-refractivity contribution in [2.24, 2.45) is 0 Å². The van der Waals surface area contributed by atoms with Crippen LogP contribution in [0.1, 0.15) is 5.56 Å². The SMILES string of the molecule is CS(=O)(=O)Nc1ccccc1CCO. The highest BCUT2D eigenvalue weighted by Gasteiger charge is 2.05. The van der Waals surface area contributed by atoms with Gasteiger partial charge in [0.2, 0.25) is 10.0 Å². The van der Waals surface area contributed by atoms with Crippen molar-refractivity contribution in [2.75, 3.05) is 17.6 Å². The van der Waals surface area contributed by atoms with E-state index < -0.39 is 10.0 Å². The molecule has 78 valence electrons. The van der Waals surface area contributed by atoms with Gasteiger partial charge in [0, 0.05) is 6.61 Å². The Morgan fingerprint density at radius 2 is 2.00 bits per heavy atom. The molecular formula is C9H13NO3S. The van der Waals surface area contributed by atoms with E-state index in [9.17, 15) is 8.42 Å². The van der Waals surface area contributed by atoms with Crippen LogP contribution in [-0.2, 0) is 16.4 Å². The van der Waals surface area contributed by atoms with Gasteiger partial charge in [0.05, 0.1) is 11.9 Å². The standard InChI is InChI=1S/C9H13NO3S/c1-14(12,13)10-9-5-3-2-4-8(9)6-7-11/h2-5,10-11H,6-7H2,1H3. The van der Waals surface area contributed by atoms with Gasteiger partial charge < -0.3 is 5.11 Å². The lowest BCUT2D eigenvalue weighted by atomic mass is 10.1. The van der Waals surface area contributed by atoms with Crippen molar-refractivity contribution < 1.29 is 13.5 Å². The largest absolute Gasteiger partial charge is 0.396 e. The number of hydrogen-bond donors (Lipinski definition) is 2. The predicted molar refractivity (Wildman–Crippen MR) is 55.7 cm³/mol. The second-order valence-electron chi connectivity index (χ2n) is 3.00. The fourth-order valence-electron chi connectivity index (χ4n) is 1.16. The van der Waals surface area contributed by atoms with Crippen LogP contribution in [0.5, 0.6) is 0 Å². The van der Waals surface area contributed by atoms with Gasteiger partial charge in [0.15, 0.2) is 0 Å². The highest BCUT2D eigenvalue weighted by molar-refractivity contribution is 7.92. The number of benzene rings is 1. The summed E-state index contributed by atoms with van der Waals surface area (Å²) in [6, 6.07) is 7.00. The second kappa shape index (κ2) is 4.43. The molecule has 5 heteroatoms. The van der Waals surface area contributed by atoms with Gasteiger partial charge >= 0.3 is 0 Å². The summed E-state index contributed by atoms with van der Waals surface area (Å²) in [6.07, 6.45) is 1.54. The van der Waals surface area contributed by atoms with E-state index in [4.69, 9.17) is 5.11 Å². The van der Waals surface area contributed by atoms with Crippen molar-refractivity contribution in [2.45, 2.75) is 6.42 Å². The Morgan fingerprint density at radius 1 is 1.36 bits per heavy atom. The van der Waals surface area contributed by atoms with E-state index in [1.165, 1.54) is 0 Å². The Balaban J connectivity index is 2.95. The van der Waals surface area contributed by atoms with Crippen LogP contribution >= 0.6 is 0 Å². The van der Waals surface area contributed by atoms with Crippen LogP contribution in [0.4, 0.5) is 5.69 Å². The molecule has 0 aliphatic carbocycles. The Kier molecular flexibility index (Phi) is 3.49. The average Bonchev–Trinajstić information content (AvgIpc) is 2.06. The molecule has 2 N–H and O–H groups in total. The molecule has 0 bridgehead atoms. The maximum atomic E-state index is 11.0.